The van der Waals surface area contributed by atoms with E-state index in [0.717, 1.165) is 0 Å². The minimum Gasteiger partial charge on any atom is -0.496 e. The summed E-state index contributed by atoms with van der Waals surface area (Å²) >= 11 is 5.98. The van der Waals surface area contributed by atoms with E-state index in [4.69, 9.17) is 16.3 Å². The quantitative estimate of drug-likeness (QED) is 0.920. The van der Waals surface area contributed by atoms with Gasteiger partial charge in [0.15, 0.2) is 0 Å². The zero-order valence-electron chi connectivity index (χ0n) is 11.6. The molecule has 0 amide bonds. The van der Waals surface area contributed by atoms with Crippen LogP contribution in [0.5, 0.6) is 5.75 Å². The maximum absolute atomic E-state index is 13.4. The van der Waals surface area contributed by atoms with Gasteiger partial charge in [-0.15, -0.1) is 0 Å². The van der Waals surface area contributed by atoms with Gasteiger partial charge in [-0.05, 0) is 60.9 Å². The van der Waals surface area contributed by atoms with Crippen molar-refractivity contribution in [1.29, 1.82) is 0 Å². The summed E-state index contributed by atoms with van der Waals surface area (Å²) in [6, 6.07) is 7.87. The van der Waals surface area contributed by atoms with E-state index in [1.807, 2.05) is 0 Å². The van der Waals surface area contributed by atoms with Crippen molar-refractivity contribution in [2.24, 2.45) is 0 Å². The van der Waals surface area contributed by atoms with Crippen molar-refractivity contribution in [3.8, 4) is 5.75 Å². The molecule has 0 aromatic heterocycles. The minimum absolute atomic E-state index is 0.311. The molecule has 106 valence electrons. The number of ether oxygens (including phenoxy) is 1. The third-order valence-corrected chi connectivity index (χ3v) is 3.55. The van der Waals surface area contributed by atoms with Gasteiger partial charge >= 0.3 is 0 Å². The van der Waals surface area contributed by atoms with Gasteiger partial charge in [0.25, 0.3) is 0 Å². The van der Waals surface area contributed by atoms with Crippen molar-refractivity contribution in [3.63, 3.8) is 0 Å². The van der Waals surface area contributed by atoms with Crippen LogP contribution in [0, 0.1) is 19.7 Å². The van der Waals surface area contributed by atoms with Gasteiger partial charge in [0.2, 0.25) is 0 Å². The lowest BCUT2D eigenvalue weighted by Crippen LogP contribution is -2.07. The molecule has 0 aliphatic heterocycles. The van der Waals surface area contributed by atoms with Crippen LogP contribution >= 0.6 is 11.6 Å². The Balaban J connectivity index is 2.57. The smallest absolute Gasteiger partial charge is 0.125 e. The Morgan fingerprint density at radius 3 is 2.30 bits per heavy atom. The first-order valence-corrected chi connectivity index (χ1v) is 6.60. The predicted octanol–water partition coefficient (Wildman–Crippen LogP) is 4.19. The average molecular weight is 295 g/mol. The first-order chi connectivity index (χ1) is 9.43. The Morgan fingerprint density at radius 1 is 1.15 bits per heavy atom. The van der Waals surface area contributed by atoms with Crippen molar-refractivity contribution >= 4 is 11.6 Å². The Morgan fingerprint density at radius 2 is 1.75 bits per heavy atom. The molecule has 0 spiro atoms. The van der Waals surface area contributed by atoms with Gasteiger partial charge in [0, 0.05) is 10.6 Å². The molecule has 2 aromatic rings. The normalized spacial score (nSPS) is 12.3. The molecule has 0 heterocycles. The monoisotopic (exact) mass is 294 g/mol. The highest BCUT2D eigenvalue weighted by Gasteiger charge is 2.20. The fourth-order valence-corrected chi connectivity index (χ4v) is 2.61. The minimum atomic E-state index is -0.913. The number of aliphatic hydroxyl groups excluding tert-OH is 1. The summed E-state index contributed by atoms with van der Waals surface area (Å²) in [6.45, 7) is 3.54. The largest absolute Gasteiger partial charge is 0.496 e. The molecule has 0 radical (unpaired) electrons. The van der Waals surface area contributed by atoms with Crippen molar-refractivity contribution in [1.82, 2.24) is 0 Å². The third kappa shape index (κ3) is 2.79. The molecule has 1 atom stereocenters. The van der Waals surface area contributed by atoms with Gasteiger partial charge in [0.05, 0.1) is 7.11 Å². The SMILES string of the molecule is COc1ccc(Cl)cc1C(O)c1c(C)cc(F)cc1C. The fraction of sp³-hybridized carbons (Fsp3) is 0.250. The molecular weight excluding hydrogens is 279 g/mol. The highest BCUT2D eigenvalue weighted by atomic mass is 35.5. The molecule has 2 nitrogen and oxygen atoms in total. The summed E-state index contributed by atoms with van der Waals surface area (Å²) in [7, 11) is 1.53. The number of aryl methyl sites for hydroxylation is 2. The highest BCUT2D eigenvalue weighted by molar-refractivity contribution is 6.30. The number of hydrogen-bond donors (Lipinski definition) is 1. The van der Waals surface area contributed by atoms with Crippen LogP contribution in [0.25, 0.3) is 0 Å². The molecule has 0 saturated heterocycles. The van der Waals surface area contributed by atoms with E-state index in [2.05, 4.69) is 0 Å². The molecule has 4 heteroatoms. The molecule has 2 rings (SSSR count). The third-order valence-electron chi connectivity index (χ3n) is 3.32. The van der Waals surface area contributed by atoms with Crippen molar-refractivity contribution in [2.75, 3.05) is 7.11 Å². The zero-order chi connectivity index (χ0) is 14.9. The van der Waals surface area contributed by atoms with Crippen LogP contribution in [-0.4, -0.2) is 12.2 Å². The lowest BCUT2D eigenvalue weighted by atomic mass is 9.93. The van der Waals surface area contributed by atoms with E-state index in [-0.39, 0.29) is 5.82 Å². The maximum Gasteiger partial charge on any atom is 0.125 e. The van der Waals surface area contributed by atoms with E-state index in [1.54, 1.807) is 32.0 Å². The van der Waals surface area contributed by atoms with Gasteiger partial charge in [-0.2, -0.15) is 0 Å². The van der Waals surface area contributed by atoms with Crippen LogP contribution in [0.2, 0.25) is 5.02 Å². The first-order valence-electron chi connectivity index (χ1n) is 6.22. The highest BCUT2D eigenvalue weighted by Crippen LogP contribution is 2.35. The second kappa shape index (κ2) is 5.81. The number of benzene rings is 2. The zero-order valence-corrected chi connectivity index (χ0v) is 12.3. The number of halogens is 2. The Kier molecular flexibility index (Phi) is 4.31. The van der Waals surface area contributed by atoms with Crippen LogP contribution in [0.3, 0.4) is 0 Å². The number of hydrogen-bond acceptors (Lipinski definition) is 2. The van der Waals surface area contributed by atoms with E-state index in [0.29, 0.717) is 33.0 Å². The maximum atomic E-state index is 13.4. The second-order valence-electron chi connectivity index (χ2n) is 4.74. The van der Waals surface area contributed by atoms with E-state index < -0.39 is 6.10 Å². The molecule has 1 N–H and O–H groups in total. The number of aliphatic hydroxyl groups is 1. The first kappa shape index (κ1) is 14.8. The van der Waals surface area contributed by atoms with Gasteiger partial charge in [-0.1, -0.05) is 11.6 Å². The van der Waals surface area contributed by atoms with Crippen LogP contribution in [0.4, 0.5) is 4.39 Å². The molecule has 0 aliphatic rings. The van der Waals surface area contributed by atoms with E-state index in [1.165, 1.54) is 19.2 Å². The average Bonchev–Trinajstić information content (AvgIpc) is 2.37. The van der Waals surface area contributed by atoms with Crippen LogP contribution < -0.4 is 4.74 Å². The summed E-state index contributed by atoms with van der Waals surface area (Å²) < 4.78 is 18.6. The second-order valence-corrected chi connectivity index (χ2v) is 5.18. The van der Waals surface area contributed by atoms with Crippen LogP contribution in [0.15, 0.2) is 30.3 Å². The summed E-state index contributed by atoms with van der Waals surface area (Å²) in [5, 5.41) is 11.1. The molecule has 0 fully saturated rings. The van der Waals surface area contributed by atoms with E-state index in [9.17, 15) is 9.50 Å². The topological polar surface area (TPSA) is 29.5 Å². The molecule has 0 aliphatic carbocycles. The fourth-order valence-electron chi connectivity index (χ4n) is 2.43. The van der Waals surface area contributed by atoms with E-state index >= 15 is 0 Å². The molecule has 20 heavy (non-hydrogen) atoms. The lowest BCUT2D eigenvalue weighted by molar-refractivity contribution is 0.213. The number of methoxy groups -OCH3 is 1. The van der Waals surface area contributed by atoms with Crippen molar-refractivity contribution in [3.05, 3.63) is 63.4 Å². The predicted molar refractivity (Wildman–Crippen MR) is 77.9 cm³/mol. The summed E-state index contributed by atoms with van der Waals surface area (Å²) in [4.78, 5) is 0. The molecule has 0 saturated carbocycles. The Labute approximate surface area is 122 Å². The standard InChI is InChI=1S/C16H16ClFO2/c1-9-6-12(18)7-10(2)15(9)16(19)13-8-11(17)4-5-14(13)20-3/h4-8,16,19H,1-3H3. The molecular formula is C16H16ClFO2. The number of rotatable bonds is 3. The molecule has 2 aromatic carbocycles. The summed E-state index contributed by atoms with van der Waals surface area (Å²) in [5.41, 5.74) is 2.62. The summed E-state index contributed by atoms with van der Waals surface area (Å²) in [6.07, 6.45) is -0.913. The Bertz CT molecular complexity index is 617. The van der Waals surface area contributed by atoms with Crippen molar-refractivity contribution in [2.45, 2.75) is 20.0 Å². The Hall–Kier alpha value is -1.58. The van der Waals surface area contributed by atoms with Gasteiger partial charge in [0.1, 0.15) is 17.7 Å². The molecule has 0 bridgehead atoms. The summed E-state index contributed by atoms with van der Waals surface area (Å²) in [5.74, 6) is 0.235. The van der Waals surface area contributed by atoms with Crippen LogP contribution in [-0.2, 0) is 0 Å². The van der Waals surface area contributed by atoms with Gasteiger partial charge < -0.3 is 9.84 Å². The van der Waals surface area contributed by atoms with Crippen molar-refractivity contribution < 1.29 is 14.2 Å². The lowest BCUT2D eigenvalue weighted by Gasteiger charge is -2.19. The van der Waals surface area contributed by atoms with Gasteiger partial charge in [-0.25, -0.2) is 4.39 Å². The van der Waals surface area contributed by atoms with Crippen LogP contribution in [0.1, 0.15) is 28.4 Å². The van der Waals surface area contributed by atoms with Gasteiger partial charge in [-0.3, -0.25) is 0 Å². The molecule has 1 unspecified atom stereocenters.